The van der Waals surface area contributed by atoms with Crippen LogP contribution in [0, 0.1) is 0 Å². The number of hydrogen-bond acceptors (Lipinski definition) is 4. The summed E-state index contributed by atoms with van der Waals surface area (Å²) in [5.41, 5.74) is 0. The fraction of sp³-hybridized carbons (Fsp3) is 0.917. The quantitative estimate of drug-likeness (QED) is 0.230. The SMILES string of the molecule is CCCCCCCCCCCCCNC(=O)CCN(CCCNC)CCC(=O)NC. The van der Waals surface area contributed by atoms with Gasteiger partial charge in [-0.2, -0.15) is 0 Å². The predicted octanol–water partition coefficient (Wildman–Crippen LogP) is 3.85. The third-order valence-corrected chi connectivity index (χ3v) is 5.59. The van der Waals surface area contributed by atoms with Crippen LogP contribution in [0.1, 0.15) is 96.8 Å². The molecule has 0 radical (unpaired) electrons. The highest BCUT2D eigenvalue weighted by atomic mass is 16.2. The third-order valence-electron chi connectivity index (χ3n) is 5.59. The van der Waals surface area contributed by atoms with Crippen LogP contribution in [-0.4, -0.2) is 63.5 Å². The number of unbranched alkanes of at least 4 members (excludes halogenated alkanes) is 10. The summed E-state index contributed by atoms with van der Waals surface area (Å²) >= 11 is 0. The molecule has 6 heteroatoms. The minimum absolute atomic E-state index is 0.0505. The highest BCUT2D eigenvalue weighted by molar-refractivity contribution is 5.76. The molecule has 0 aliphatic rings. The van der Waals surface area contributed by atoms with Crippen LogP contribution < -0.4 is 16.0 Å². The van der Waals surface area contributed by atoms with Crippen molar-refractivity contribution in [2.24, 2.45) is 0 Å². The first kappa shape index (κ1) is 28.9. The molecule has 0 aliphatic carbocycles. The molecule has 0 aromatic rings. The summed E-state index contributed by atoms with van der Waals surface area (Å²) in [5.74, 6) is 0.176. The van der Waals surface area contributed by atoms with Crippen molar-refractivity contribution in [3.05, 3.63) is 0 Å². The van der Waals surface area contributed by atoms with Crippen LogP contribution in [0.2, 0.25) is 0 Å². The van der Waals surface area contributed by atoms with Gasteiger partial charge in [-0.3, -0.25) is 9.59 Å². The molecular formula is C24H50N4O2. The Bertz CT molecular complexity index is 405. The van der Waals surface area contributed by atoms with Crippen molar-refractivity contribution in [3.63, 3.8) is 0 Å². The number of carbonyl (C=O) groups is 2. The predicted molar refractivity (Wildman–Crippen MR) is 128 cm³/mol. The molecule has 0 fully saturated rings. The fourth-order valence-corrected chi connectivity index (χ4v) is 3.56. The molecule has 0 heterocycles. The van der Waals surface area contributed by atoms with Crippen molar-refractivity contribution < 1.29 is 9.59 Å². The van der Waals surface area contributed by atoms with Crippen LogP contribution in [0.5, 0.6) is 0 Å². The van der Waals surface area contributed by atoms with Gasteiger partial charge in [-0.1, -0.05) is 71.1 Å². The van der Waals surface area contributed by atoms with Crippen molar-refractivity contribution in [2.75, 3.05) is 46.8 Å². The van der Waals surface area contributed by atoms with E-state index >= 15 is 0 Å². The molecule has 178 valence electrons. The van der Waals surface area contributed by atoms with E-state index in [9.17, 15) is 9.59 Å². The first-order chi connectivity index (χ1) is 14.6. The first-order valence-corrected chi connectivity index (χ1v) is 12.5. The van der Waals surface area contributed by atoms with Gasteiger partial charge in [0.2, 0.25) is 11.8 Å². The van der Waals surface area contributed by atoms with Gasteiger partial charge in [-0.05, 0) is 33.0 Å². The Morgan fingerprint density at radius 2 is 1.17 bits per heavy atom. The van der Waals surface area contributed by atoms with Crippen LogP contribution in [0.25, 0.3) is 0 Å². The summed E-state index contributed by atoms with van der Waals surface area (Å²) in [7, 11) is 3.60. The Balaban J connectivity index is 3.68. The van der Waals surface area contributed by atoms with Gasteiger partial charge in [0.25, 0.3) is 0 Å². The van der Waals surface area contributed by atoms with Gasteiger partial charge in [0.05, 0.1) is 0 Å². The summed E-state index contributed by atoms with van der Waals surface area (Å²) in [6, 6.07) is 0. The molecule has 0 aromatic heterocycles. The number of hydrogen-bond donors (Lipinski definition) is 3. The number of nitrogens with one attached hydrogen (secondary N) is 3. The first-order valence-electron chi connectivity index (χ1n) is 12.5. The van der Waals surface area contributed by atoms with Crippen molar-refractivity contribution in [3.8, 4) is 0 Å². The number of rotatable bonds is 22. The second-order valence-corrected chi connectivity index (χ2v) is 8.36. The topological polar surface area (TPSA) is 73.5 Å². The largest absolute Gasteiger partial charge is 0.359 e. The zero-order chi connectivity index (χ0) is 22.3. The van der Waals surface area contributed by atoms with E-state index in [4.69, 9.17) is 0 Å². The maximum absolute atomic E-state index is 12.1. The Kier molecular flexibility index (Phi) is 21.7. The molecule has 0 aromatic carbocycles. The van der Waals surface area contributed by atoms with Gasteiger partial charge < -0.3 is 20.9 Å². The smallest absolute Gasteiger partial charge is 0.221 e. The van der Waals surface area contributed by atoms with Gasteiger partial charge in [0, 0.05) is 39.5 Å². The van der Waals surface area contributed by atoms with E-state index in [-0.39, 0.29) is 11.8 Å². The van der Waals surface area contributed by atoms with Gasteiger partial charge in [-0.15, -0.1) is 0 Å². The number of nitrogens with zero attached hydrogens (tertiary/aromatic N) is 1. The monoisotopic (exact) mass is 426 g/mol. The molecular weight excluding hydrogens is 376 g/mol. The molecule has 3 N–H and O–H groups in total. The zero-order valence-corrected chi connectivity index (χ0v) is 20.2. The Labute approximate surface area is 186 Å². The minimum atomic E-state index is 0.0505. The maximum atomic E-state index is 12.1. The molecule has 30 heavy (non-hydrogen) atoms. The molecule has 6 nitrogen and oxygen atoms in total. The molecule has 0 saturated heterocycles. The molecule has 0 unspecified atom stereocenters. The maximum Gasteiger partial charge on any atom is 0.221 e. The highest BCUT2D eigenvalue weighted by Gasteiger charge is 2.10. The summed E-state index contributed by atoms with van der Waals surface area (Å²) in [5, 5.41) is 8.86. The van der Waals surface area contributed by atoms with Gasteiger partial charge in [0.1, 0.15) is 0 Å². The molecule has 2 amide bonds. The van der Waals surface area contributed by atoms with Gasteiger partial charge in [-0.25, -0.2) is 0 Å². The average Bonchev–Trinajstić information content (AvgIpc) is 2.75. The summed E-state index contributed by atoms with van der Waals surface area (Å²) in [4.78, 5) is 25.8. The standard InChI is InChI=1S/C24H50N4O2/c1-4-5-6-7-8-9-10-11-12-13-14-19-27-24(30)17-22-28(20-15-18-25-2)21-16-23(29)26-3/h25H,4-22H2,1-3H3,(H,26,29)(H,27,30). The van der Waals surface area contributed by atoms with E-state index in [1.807, 2.05) is 7.05 Å². The molecule has 0 bridgehead atoms. The van der Waals surface area contributed by atoms with Crippen molar-refractivity contribution in [1.82, 2.24) is 20.9 Å². The van der Waals surface area contributed by atoms with E-state index in [0.29, 0.717) is 25.9 Å². The average molecular weight is 427 g/mol. The Morgan fingerprint density at radius 3 is 1.70 bits per heavy atom. The van der Waals surface area contributed by atoms with Crippen LogP contribution in [0.4, 0.5) is 0 Å². The molecule has 0 atom stereocenters. The molecule has 0 rings (SSSR count). The molecule has 0 aliphatic heterocycles. The zero-order valence-electron chi connectivity index (χ0n) is 20.2. The number of amides is 2. The lowest BCUT2D eigenvalue weighted by atomic mass is 10.1. The Hall–Kier alpha value is -1.14. The molecule has 0 saturated carbocycles. The molecule has 0 spiro atoms. The van der Waals surface area contributed by atoms with Crippen LogP contribution >= 0.6 is 0 Å². The van der Waals surface area contributed by atoms with Gasteiger partial charge >= 0.3 is 0 Å². The normalized spacial score (nSPS) is 11.1. The third kappa shape index (κ3) is 20.1. The number of carbonyl (C=O) groups excluding carboxylic acids is 2. The van der Waals surface area contributed by atoms with Crippen LogP contribution in [0.15, 0.2) is 0 Å². The lowest BCUT2D eigenvalue weighted by Crippen LogP contribution is -2.35. The second-order valence-electron chi connectivity index (χ2n) is 8.36. The minimum Gasteiger partial charge on any atom is -0.359 e. The fourth-order valence-electron chi connectivity index (χ4n) is 3.56. The van der Waals surface area contributed by atoms with Crippen molar-refractivity contribution in [1.29, 1.82) is 0 Å². The van der Waals surface area contributed by atoms with Crippen LogP contribution in [-0.2, 0) is 9.59 Å². The second kappa shape index (κ2) is 22.5. The van der Waals surface area contributed by atoms with E-state index in [2.05, 4.69) is 27.8 Å². The van der Waals surface area contributed by atoms with Gasteiger partial charge in [0.15, 0.2) is 0 Å². The lowest BCUT2D eigenvalue weighted by Gasteiger charge is -2.21. The van der Waals surface area contributed by atoms with E-state index in [1.165, 1.54) is 64.2 Å². The van der Waals surface area contributed by atoms with Crippen molar-refractivity contribution in [2.45, 2.75) is 96.8 Å². The summed E-state index contributed by atoms with van der Waals surface area (Å²) in [6.07, 6.45) is 16.5. The van der Waals surface area contributed by atoms with Crippen LogP contribution in [0.3, 0.4) is 0 Å². The Morgan fingerprint density at radius 1 is 0.633 bits per heavy atom. The van der Waals surface area contributed by atoms with E-state index in [1.54, 1.807) is 7.05 Å². The van der Waals surface area contributed by atoms with E-state index < -0.39 is 0 Å². The summed E-state index contributed by atoms with van der Waals surface area (Å²) in [6.45, 7) is 6.32. The lowest BCUT2D eigenvalue weighted by molar-refractivity contribution is -0.121. The highest BCUT2D eigenvalue weighted by Crippen LogP contribution is 2.11. The summed E-state index contributed by atoms with van der Waals surface area (Å²) < 4.78 is 0. The van der Waals surface area contributed by atoms with Crippen molar-refractivity contribution >= 4 is 11.8 Å². The van der Waals surface area contributed by atoms with E-state index in [0.717, 1.165) is 32.5 Å².